The molecule has 3 aromatic carbocycles. The van der Waals surface area contributed by atoms with Gasteiger partial charge in [0.2, 0.25) is 0 Å². The van der Waals surface area contributed by atoms with E-state index in [1.165, 1.54) is 18.2 Å². The predicted molar refractivity (Wildman–Crippen MR) is 143 cm³/mol. The Labute approximate surface area is 230 Å². The molecular formula is C26H19BrClN3O7. The third-order valence-corrected chi connectivity index (χ3v) is 6.20. The molecule has 1 fully saturated rings. The molecule has 3 aromatic rings. The van der Waals surface area contributed by atoms with Gasteiger partial charge in [0.15, 0.2) is 11.5 Å². The Morgan fingerprint density at radius 1 is 1.05 bits per heavy atom. The molecule has 0 aliphatic carbocycles. The molecule has 4 rings (SSSR count). The minimum Gasteiger partial charge on any atom is -0.490 e. The number of carbonyl (C=O) groups is 3. The topological polar surface area (TPSA) is 128 Å². The minimum absolute atomic E-state index is 0.0682. The van der Waals surface area contributed by atoms with Crippen LogP contribution in [0.2, 0.25) is 5.02 Å². The lowest BCUT2D eigenvalue weighted by Crippen LogP contribution is -2.54. The zero-order valence-electron chi connectivity index (χ0n) is 19.8. The molecule has 4 amide bonds. The number of nitrogens with one attached hydrogen (secondary N) is 1. The van der Waals surface area contributed by atoms with Gasteiger partial charge in [0.05, 0.1) is 21.7 Å². The van der Waals surface area contributed by atoms with Crippen molar-refractivity contribution in [2.45, 2.75) is 13.5 Å². The number of hydrogen-bond acceptors (Lipinski definition) is 7. The molecular weight excluding hydrogens is 582 g/mol. The molecule has 0 aromatic heterocycles. The molecule has 0 bridgehead atoms. The van der Waals surface area contributed by atoms with Crippen LogP contribution in [0.3, 0.4) is 0 Å². The lowest BCUT2D eigenvalue weighted by atomic mass is 10.1. The summed E-state index contributed by atoms with van der Waals surface area (Å²) >= 11 is 9.40. The van der Waals surface area contributed by atoms with Gasteiger partial charge in [0.1, 0.15) is 12.2 Å². The molecule has 0 atom stereocenters. The number of anilines is 1. The molecule has 38 heavy (non-hydrogen) atoms. The number of carbonyl (C=O) groups excluding carboxylic acids is 3. The van der Waals surface area contributed by atoms with Crippen LogP contribution >= 0.6 is 27.5 Å². The third kappa shape index (κ3) is 5.84. The van der Waals surface area contributed by atoms with E-state index in [2.05, 4.69) is 21.2 Å². The summed E-state index contributed by atoms with van der Waals surface area (Å²) in [5.41, 5.74) is 0.856. The van der Waals surface area contributed by atoms with E-state index in [9.17, 15) is 24.5 Å². The Kier molecular flexibility index (Phi) is 8.08. The smallest absolute Gasteiger partial charge is 0.335 e. The van der Waals surface area contributed by atoms with E-state index in [0.29, 0.717) is 33.2 Å². The van der Waals surface area contributed by atoms with Gasteiger partial charge in [-0.2, -0.15) is 0 Å². The van der Waals surface area contributed by atoms with Gasteiger partial charge in [-0.05, 0) is 76.5 Å². The molecule has 194 valence electrons. The molecule has 12 heteroatoms. The van der Waals surface area contributed by atoms with Gasteiger partial charge in [-0.15, -0.1) is 0 Å². The van der Waals surface area contributed by atoms with Crippen LogP contribution in [0, 0.1) is 10.1 Å². The summed E-state index contributed by atoms with van der Waals surface area (Å²) in [6.07, 6.45) is 1.32. The van der Waals surface area contributed by atoms with Gasteiger partial charge in [0.25, 0.3) is 17.5 Å². The van der Waals surface area contributed by atoms with Crippen molar-refractivity contribution in [2.75, 3.05) is 11.5 Å². The van der Waals surface area contributed by atoms with Crippen LogP contribution in [-0.4, -0.2) is 29.4 Å². The van der Waals surface area contributed by atoms with Crippen molar-refractivity contribution in [3.05, 3.63) is 97.0 Å². The number of imide groups is 2. The first-order valence-corrected chi connectivity index (χ1v) is 12.3. The van der Waals surface area contributed by atoms with Gasteiger partial charge in [-0.1, -0.05) is 23.7 Å². The molecule has 1 saturated heterocycles. The average molecular weight is 601 g/mol. The van der Waals surface area contributed by atoms with Gasteiger partial charge in [-0.3, -0.25) is 25.0 Å². The number of barbiturate groups is 1. The Bertz CT molecular complexity index is 1460. The van der Waals surface area contributed by atoms with Crippen LogP contribution in [0.25, 0.3) is 6.08 Å². The van der Waals surface area contributed by atoms with E-state index in [4.69, 9.17) is 21.1 Å². The summed E-state index contributed by atoms with van der Waals surface area (Å²) < 4.78 is 12.2. The lowest BCUT2D eigenvalue weighted by molar-refractivity contribution is -0.384. The number of urea groups is 1. The maximum atomic E-state index is 13.2. The highest BCUT2D eigenvalue weighted by Gasteiger charge is 2.37. The third-order valence-electron chi connectivity index (χ3n) is 5.36. The van der Waals surface area contributed by atoms with Crippen LogP contribution in [-0.2, 0) is 16.2 Å². The maximum Gasteiger partial charge on any atom is 0.335 e. The van der Waals surface area contributed by atoms with Crippen molar-refractivity contribution in [1.29, 1.82) is 0 Å². The quantitative estimate of drug-likeness (QED) is 0.153. The summed E-state index contributed by atoms with van der Waals surface area (Å²) in [7, 11) is 0. The van der Waals surface area contributed by atoms with Crippen LogP contribution in [0.1, 0.15) is 18.1 Å². The highest BCUT2D eigenvalue weighted by Crippen LogP contribution is 2.38. The van der Waals surface area contributed by atoms with Gasteiger partial charge < -0.3 is 9.47 Å². The van der Waals surface area contributed by atoms with E-state index in [1.807, 2.05) is 12.1 Å². The van der Waals surface area contributed by atoms with Crippen LogP contribution in [0.5, 0.6) is 11.5 Å². The van der Waals surface area contributed by atoms with E-state index in [-0.39, 0.29) is 23.6 Å². The molecule has 1 aliphatic heterocycles. The number of ether oxygens (including phenoxy) is 2. The van der Waals surface area contributed by atoms with Crippen LogP contribution in [0.4, 0.5) is 16.2 Å². The van der Waals surface area contributed by atoms with Crippen LogP contribution < -0.4 is 19.7 Å². The average Bonchev–Trinajstić information content (AvgIpc) is 2.87. The number of nitro groups is 1. The molecule has 1 aliphatic rings. The van der Waals surface area contributed by atoms with Gasteiger partial charge in [-0.25, -0.2) is 9.69 Å². The highest BCUT2D eigenvalue weighted by molar-refractivity contribution is 9.10. The minimum atomic E-state index is -0.965. The zero-order valence-corrected chi connectivity index (χ0v) is 22.1. The number of amides is 4. The number of nitrogens with zero attached hydrogens (tertiary/aromatic N) is 2. The molecule has 1 heterocycles. The van der Waals surface area contributed by atoms with E-state index in [1.54, 1.807) is 31.2 Å². The lowest BCUT2D eigenvalue weighted by Gasteiger charge is -2.26. The van der Waals surface area contributed by atoms with Crippen molar-refractivity contribution in [1.82, 2.24) is 5.32 Å². The van der Waals surface area contributed by atoms with E-state index in [0.717, 1.165) is 22.6 Å². The van der Waals surface area contributed by atoms with Crippen molar-refractivity contribution in [3.63, 3.8) is 0 Å². The molecule has 0 saturated carbocycles. The molecule has 0 radical (unpaired) electrons. The van der Waals surface area contributed by atoms with Crippen molar-refractivity contribution >= 4 is 62.8 Å². The van der Waals surface area contributed by atoms with Crippen molar-refractivity contribution < 1.29 is 28.8 Å². The molecule has 10 nitrogen and oxygen atoms in total. The number of hydrogen-bond donors (Lipinski definition) is 1. The number of halogens is 2. The molecule has 0 unspecified atom stereocenters. The first kappa shape index (κ1) is 26.8. The first-order valence-electron chi connectivity index (χ1n) is 11.2. The Balaban J connectivity index is 1.64. The number of benzene rings is 3. The van der Waals surface area contributed by atoms with E-state index >= 15 is 0 Å². The monoisotopic (exact) mass is 599 g/mol. The number of non-ortho nitro benzene ring substituents is 1. The maximum absolute atomic E-state index is 13.2. The fourth-order valence-corrected chi connectivity index (χ4v) is 4.29. The summed E-state index contributed by atoms with van der Waals surface area (Å²) in [5.74, 6) is -0.972. The highest BCUT2D eigenvalue weighted by atomic mass is 79.9. The summed E-state index contributed by atoms with van der Waals surface area (Å²) in [4.78, 5) is 49.3. The number of nitro benzene ring substituents is 1. The standard InChI is InChI=1S/C26H19BrClN3O7/c1-2-37-22-13-16(12-21(27)23(22)38-14-15-3-5-17(28)6-4-15)11-20-24(32)29-26(34)30(25(20)33)18-7-9-19(10-8-18)31(35)36/h3-13H,2,14H2,1H3,(H,29,32,34)/b20-11+. The zero-order chi connectivity index (χ0) is 27.4. The Hall–Kier alpha value is -4.22. The first-order chi connectivity index (χ1) is 18.2. The summed E-state index contributed by atoms with van der Waals surface area (Å²) in [6, 6.07) is 14.3. The van der Waals surface area contributed by atoms with Gasteiger partial charge in [0, 0.05) is 17.2 Å². The normalized spacial score (nSPS) is 14.4. The Morgan fingerprint density at radius 2 is 1.74 bits per heavy atom. The number of rotatable bonds is 8. The largest absolute Gasteiger partial charge is 0.490 e. The molecule has 1 N–H and O–H groups in total. The van der Waals surface area contributed by atoms with E-state index < -0.39 is 22.8 Å². The van der Waals surface area contributed by atoms with Crippen LogP contribution in [0.15, 0.2) is 70.7 Å². The molecule has 0 spiro atoms. The fraction of sp³-hybridized carbons (Fsp3) is 0.115. The second-order valence-corrected chi connectivity index (χ2v) is 9.20. The van der Waals surface area contributed by atoms with Crippen molar-refractivity contribution in [2.24, 2.45) is 0 Å². The SMILES string of the molecule is CCOc1cc(/C=C2\C(=O)NC(=O)N(c3ccc([N+](=O)[O-])cc3)C2=O)cc(Br)c1OCc1ccc(Cl)cc1. The summed E-state index contributed by atoms with van der Waals surface area (Å²) in [5, 5.41) is 13.7. The predicted octanol–water partition coefficient (Wildman–Crippen LogP) is 5.65. The summed E-state index contributed by atoms with van der Waals surface area (Å²) in [6.45, 7) is 2.36. The van der Waals surface area contributed by atoms with Gasteiger partial charge >= 0.3 is 6.03 Å². The fourth-order valence-electron chi connectivity index (χ4n) is 3.59. The Morgan fingerprint density at radius 3 is 2.37 bits per heavy atom. The van der Waals surface area contributed by atoms with Crippen molar-refractivity contribution in [3.8, 4) is 11.5 Å². The second-order valence-electron chi connectivity index (χ2n) is 7.91. The second kappa shape index (κ2) is 11.4.